The fraction of sp³-hybridized carbons (Fsp3) is 0.500. The van der Waals surface area contributed by atoms with Gasteiger partial charge in [0.1, 0.15) is 6.07 Å². The molecule has 1 aromatic rings. The fourth-order valence-electron chi connectivity index (χ4n) is 2.13. The van der Waals surface area contributed by atoms with Crippen LogP contribution < -0.4 is 10.6 Å². The van der Waals surface area contributed by atoms with E-state index in [4.69, 9.17) is 10.5 Å². The molecule has 2 N–H and O–H groups in total. The van der Waals surface area contributed by atoms with Crippen molar-refractivity contribution in [2.75, 3.05) is 25.2 Å². The minimum absolute atomic E-state index is 0.469. The Morgan fingerprint density at radius 1 is 1.50 bits per heavy atom. The average Bonchev–Trinajstić information content (AvgIpc) is 3.24. The van der Waals surface area contributed by atoms with Crippen LogP contribution in [0, 0.1) is 11.3 Å². The van der Waals surface area contributed by atoms with Crippen LogP contribution in [0.2, 0.25) is 0 Å². The number of nitrogens with zero attached hydrogens (tertiary/aromatic N) is 2. The summed E-state index contributed by atoms with van der Waals surface area (Å²) in [6.07, 6.45) is 2.40. The predicted molar refractivity (Wildman–Crippen MR) is 71.3 cm³/mol. The van der Waals surface area contributed by atoms with Crippen molar-refractivity contribution in [2.24, 2.45) is 5.73 Å². The van der Waals surface area contributed by atoms with E-state index in [9.17, 15) is 5.26 Å². The molecule has 1 aromatic carbocycles. The average molecular weight is 245 g/mol. The summed E-state index contributed by atoms with van der Waals surface area (Å²) in [6.45, 7) is 1.98. The van der Waals surface area contributed by atoms with Crippen molar-refractivity contribution in [1.82, 2.24) is 0 Å². The molecule has 0 aliphatic heterocycles. The number of benzene rings is 1. The SMILES string of the molecule is COCCN(c1ccc(CN)cc1C#N)C1CC1. The Labute approximate surface area is 108 Å². The Balaban J connectivity index is 2.26. The molecule has 18 heavy (non-hydrogen) atoms. The summed E-state index contributed by atoms with van der Waals surface area (Å²) in [5.41, 5.74) is 8.32. The number of nitriles is 1. The third-order valence-corrected chi connectivity index (χ3v) is 3.25. The van der Waals surface area contributed by atoms with Gasteiger partial charge in [0.25, 0.3) is 0 Å². The van der Waals surface area contributed by atoms with Crippen molar-refractivity contribution >= 4 is 5.69 Å². The van der Waals surface area contributed by atoms with Crippen LogP contribution in [0.1, 0.15) is 24.0 Å². The molecule has 96 valence electrons. The summed E-state index contributed by atoms with van der Waals surface area (Å²) >= 11 is 0. The Morgan fingerprint density at radius 3 is 2.83 bits per heavy atom. The minimum atomic E-state index is 0.469. The van der Waals surface area contributed by atoms with Crippen LogP contribution in [0.25, 0.3) is 0 Å². The first-order valence-corrected chi connectivity index (χ1v) is 6.28. The van der Waals surface area contributed by atoms with Gasteiger partial charge in [0.15, 0.2) is 0 Å². The minimum Gasteiger partial charge on any atom is -0.383 e. The molecule has 0 bridgehead atoms. The van der Waals surface area contributed by atoms with Gasteiger partial charge in [0, 0.05) is 26.2 Å². The molecule has 4 nitrogen and oxygen atoms in total. The second kappa shape index (κ2) is 5.85. The highest BCUT2D eigenvalue weighted by molar-refractivity contribution is 5.61. The number of nitrogens with two attached hydrogens (primary N) is 1. The summed E-state index contributed by atoms with van der Waals surface area (Å²) in [6, 6.07) is 8.73. The molecule has 0 aromatic heterocycles. The lowest BCUT2D eigenvalue weighted by Gasteiger charge is -2.25. The Hall–Kier alpha value is -1.57. The van der Waals surface area contributed by atoms with Gasteiger partial charge in [-0.25, -0.2) is 0 Å². The van der Waals surface area contributed by atoms with E-state index >= 15 is 0 Å². The maximum absolute atomic E-state index is 9.27. The van der Waals surface area contributed by atoms with Gasteiger partial charge >= 0.3 is 0 Å². The standard InChI is InChI=1S/C14H19N3O/c1-18-7-6-17(13-3-4-13)14-5-2-11(9-15)8-12(14)10-16/h2,5,8,13H,3-4,6-7,9,15H2,1H3. The molecular weight excluding hydrogens is 226 g/mol. The quantitative estimate of drug-likeness (QED) is 0.827. The second-order valence-electron chi connectivity index (χ2n) is 4.58. The van der Waals surface area contributed by atoms with E-state index in [1.807, 2.05) is 18.2 Å². The lowest BCUT2D eigenvalue weighted by atomic mass is 10.1. The highest BCUT2D eigenvalue weighted by Crippen LogP contribution is 2.33. The van der Waals surface area contributed by atoms with Gasteiger partial charge in [-0.15, -0.1) is 0 Å². The molecule has 1 saturated carbocycles. The summed E-state index contributed by atoms with van der Waals surface area (Å²) in [5.74, 6) is 0. The zero-order valence-corrected chi connectivity index (χ0v) is 10.7. The Kier molecular flexibility index (Phi) is 4.19. The molecule has 0 radical (unpaired) electrons. The van der Waals surface area contributed by atoms with Crippen molar-refractivity contribution in [1.29, 1.82) is 5.26 Å². The number of hydrogen-bond acceptors (Lipinski definition) is 4. The van der Waals surface area contributed by atoms with E-state index in [1.54, 1.807) is 7.11 Å². The molecule has 1 aliphatic rings. The summed E-state index contributed by atoms with van der Waals surface area (Å²) < 4.78 is 5.15. The van der Waals surface area contributed by atoms with E-state index in [1.165, 1.54) is 12.8 Å². The smallest absolute Gasteiger partial charge is 0.101 e. The van der Waals surface area contributed by atoms with Gasteiger partial charge in [-0.3, -0.25) is 0 Å². The molecule has 0 saturated heterocycles. The molecule has 1 fully saturated rings. The number of rotatable bonds is 6. The Bertz CT molecular complexity index is 449. The van der Waals surface area contributed by atoms with Crippen LogP contribution in [0.4, 0.5) is 5.69 Å². The monoisotopic (exact) mass is 245 g/mol. The predicted octanol–water partition coefficient (Wildman–Crippen LogP) is 1.63. The summed E-state index contributed by atoms with van der Waals surface area (Å²) in [7, 11) is 1.70. The van der Waals surface area contributed by atoms with Crippen LogP contribution in [0.5, 0.6) is 0 Å². The summed E-state index contributed by atoms with van der Waals surface area (Å²) in [4.78, 5) is 2.28. The van der Waals surface area contributed by atoms with Crippen LogP contribution in [0.15, 0.2) is 18.2 Å². The first-order valence-electron chi connectivity index (χ1n) is 6.28. The van der Waals surface area contributed by atoms with Gasteiger partial charge < -0.3 is 15.4 Å². The molecule has 0 atom stereocenters. The molecule has 0 unspecified atom stereocenters. The van der Waals surface area contributed by atoms with Crippen LogP contribution in [0.3, 0.4) is 0 Å². The molecule has 2 rings (SSSR count). The van der Waals surface area contributed by atoms with Crippen LogP contribution >= 0.6 is 0 Å². The van der Waals surface area contributed by atoms with E-state index in [2.05, 4.69) is 11.0 Å². The van der Waals surface area contributed by atoms with Gasteiger partial charge in [-0.05, 0) is 30.5 Å². The molecule has 4 heteroatoms. The van der Waals surface area contributed by atoms with Crippen molar-refractivity contribution in [3.05, 3.63) is 29.3 Å². The van der Waals surface area contributed by atoms with Crippen molar-refractivity contribution in [3.63, 3.8) is 0 Å². The largest absolute Gasteiger partial charge is 0.383 e. The fourth-order valence-corrected chi connectivity index (χ4v) is 2.13. The number of methoxy groups -OCH3 is 1. The zero-order valence-electron chi connectivity index (χ0n) is 10.7. The number of anilines is 1. The lowest BCUT2D eigenvalue weighted by Crippen LogP contribution is -2.30. The second-order valence-corrected chi connectivity index (χ2v) is 4.58. The first-order chi connectivity index (χ1) is 8.80. The third-order valence-electron chi connectivity index (χ3n) is 3.25. The molecular formula is C14H19N3O. The third kappa shape index (κ3) is 2.81. The van der Waals surface area contributed by atoms with Crippen LogP contribution in [-0.4, -0.2) is 26.3 Å². The first kappa shape index (κ1) is 12.9. The highest BCUT2D eigenvalue weighted by atomic mass is 16.5. The van der Waals surface area contributed by atoms with Crippen molar-refractivity contribution < 1.29 is 4.74 Å². The van der Waals surface area contributed by atoms with Crippen molar-refractivity contribution in [2.45, 2.75) is 25.4 Å². The molecule has 0 amide bonds. The van der Waals surface area contributed by atoms with E-state index in [0.29, 0.717) is 24.8 Å². The van der Waals surface area contributed by atoms with E-state index in [0.717, 1.165) is 17.8 Å². The molecule has 0 heterocycles. The van der Waals surface area contributed by atoms with E-state index in [-0.39, 0.29) is 0 Å². The highest BCUT2D eigenvalue weighted by Gasteiger charge is 2.30. The summed E-state index contributed by atoms with van der Waals surface area (Å²) in [5, 5.41) is 9.27. The molecule has 0 spiro atoms. The normalized spacial score (nSPS) is 14.3. The van der Waals surface area contributed by atoms with Crippen LogP contribution in [-0.2, 0) is 11.3 Å². The van der Waals surface area contributed by atoms with Gasteiger partial charge in [0.2, 0.25) is 0 Å². The number of ether oxygens (including phenoxy) is 1. The number of hydrogen-bond donors (Lipinski definition) is 1. The topological polar surface area (TPSA) is 62.3 Å². The maximum Gasteiger partial charge on any atom is 0.101 e. The lowest BCUT2D eigenvalue weighted by molar-refractivity contribution is 0.205. The van der Waals surface area contributed by atoms with Gasteiger partial charge in [-0.2, -0.15) is 5.26 Å². The maximum atomic E-state index is 9.27. The van der Waals surface area contributed by atoms with Gasteiger partial charge in [0.05, 0.1) is 17.9 Å². The zero-order chi connectivity index (χ0) is 13.0. The van der Waals surface area contributed by atoms with E-state index < -0.39 is 0 Å². The Morgan fingerprint density at radius 2 is 2.28 bits per heavy atom. The molecule has 1 aliphatic carbocycles. The van der Waals surface area contributed by atoms with Crippen molar-refractivity contribution in [3.8, 4) is 6.07 Å². The van der Waals surface area contributed by atoms with Gasteiger partial charge in [-0.1, -0.05) is 6.07 Å².